The minimum Gasteiger partial charge on any atom is -0.507 e. The van der Waals surface area contributed by atoms with Crippen LogP contribution in [0, 0.1) is 0 Å². The minimum atomic E-state index is -1.04. The number of ether oxygens (including phenoxy) is 2. The van der Waals surface area contributed by atoms with Crippen LogP contribution in [0.3, 0.4) is 0 Å². The molecule has 3 N–H and O–H groups in total. The fourth-order valence-corrected chi connectivity index (χ4v) is 5.47. The number of pyridine rings is 1. The van der Waals surface area contributed by atoms with Crippen molar-refractivity contribution in [3.05, 3.63) is 98.4 Å². The van der Waals surface area contributed by atoms with Crippen molar-refractivity contribution in [3.63, 3.8) is 0 Å². The van der Waals surface area contributed by atoms with Crippen LogP contribution < -0.4 is 15.7 Å². The molecule has 10 heteroatoms. The number of phenols is 2. The standard InChI is InChI=1S/C32H28N2O8/c1-40-20-7-8-23-19(13-20)14-22(32(39)33-23)21(15-28(38)34-9-11-41-12-10-34)29-24(35)16-25(36)30-26(37)17-27(42-31(29)30)18-5-3-2-4-6-18/h2-8,13-14,16-17,21,35-36H,9-12,15H2,1H3,(H,33,39)/t21-/m0/s1. The summed E-state index contributed by atoms with van der Waals surface area (Å²) in [4.78, 5) is 45.0. The summed E-state index contributed by atoms with van der Waals surface area (Å²) in [6.07, 6.45) is -0.217. The number of hydrogen-bond donors (Lipinski definition) is 3. The number of rotatable bonds is 6. The van der Waals surface area contributed by atoms with Gasteiger partial charge in [0.15, 0.2) is 5.43 Å². The molecule has 42 heavy (non-hydrogen) atoms. The van der Waals surface area contributed by atoms with Gasteiger partial charge in [0.2, 0.25) is 5.91 Å². The molecule has 1 atom stereocenters. The van der Waals surface area contributed by atoms with Gasteiger partial charge >= 0.3 is 0 Å². The molecule has 2 aromatic heterocycles. The third-order valence-corrected chi connectivity index (χ3v) is 7.60. The Morgan fingerprint density at radius 2 is 1.76 bits per heavy atom. The Balaban J connectivity index is 1.62. The van der Waals surface area contributed by atoms with Crippen LogP contribution in [0.25, 0.3) is 33.2 Å². The lowest BCUT2D eigenvalue weighted by Crippen LogP contribution is -2.41. The summed E-state index contributed by atoms with van der Waals surface area (Å²) in [5.74, 6) is -1.44. The molecule has 0 saturated carbocycles. The van der Waals surface area contributed by atoms with E-state index in [0.29, 0.717) is 48.5 Å². The number of carbonyl (C=O) groups is 1. The second-order valence-corrected chi connectivity index (χ2v) is 10.1. The number of aromatic amines is 1. The number of methoxy groups -OCH3 is 1. The monoisotopic (exact) mass is 568 g/mol. The minimum absolute atomic E-state index is 0.0482. The molecule has 1 aliphatic heterocycles. The Bertz CT molecular complexity index is 1920. The van der Waals surface area contributed by atoms with Crippen molar-refractivity contribution in [2.75, 3.05) is 33.4 Å². The molecule has 1 aliphatic rings. The van der Waals surface area contributed by atoms with Crippen molar-refractivity contribution in [3.8, 4) is 28.6 Å². The SMILES string of the molecule is COc1ccc2[nH]c(=O)c([C@H](CC(=O)N3CCOCC3)c3c(O)cc(O)c4c(=O)cc(-c5ccccc5)oc34)cc2c1. The smallest absolute Gasteiger partial charge is 0.252 e. The average molecular weight is 569 g/mol. The lowest BCUT2D eigenvalue weighted by Gasteiger charge is -2.29. The number of H-pyrrole nitrogens is 1. The van der Waals surface area contributed by atoms with Crippen LogP contribution in [-0.4, -0.2) is 59.4 Å². The van der Waals surface area contributed by atoms with Crippen LogP contribution in [0.2, 0.25) is 0 Å². The van der Waals surface area contributed by atoms with Crippen LogP contribution in [0.1, 0.15) is 23.5 Å². The second-order valence-electron chi connectivity index (χ2n) is 10.1. The molecule has 3 aromatic carbocycles. The Hall–Kier alpha value is -5.09. The highest BCUT2D eigenvalue weighted by atomic mass is 16.5. The quantitative estimate of drug-likeness (QED) is 0.278. The molecular weight excluding hydrogens is 540 g/mol. The van der Waals surface area contributed by atoms with Gasteiger partial charge in [-0.25, -0.2) is 0 Å². The number of aromatic nitrogens is 1. The van der Waals surface area contributed by atoms with Crippen molar-refractivity contribution < 1.29 is 28.9 Å². The summed E-state index contributed by atoms with van der Waals surface area (Å²) < 4.78 is 17.0. The molecule has 214 valence electrons. The van der Waals surface area contributed by atoms with Gasteiger partial charge < -0.3 is 34.0 Å². The van der Waals surface area contributed by atoms with Crippen LogP contribution in [0.5, 0.6) is 17.2 Å². The maximum absolute atomic E-state index is 13.6. The van der Waals surface area contributed by atoms with Gasteiger partial charge in [-0.1, -0.05) is 30.3 Å². The number of amides is 1. The van der Waals surface area contributed by atoms with Crippen molar-refractivity contribution in [2.24, 2.45) is 0 Å². The van der Waals surface area contributed by atoms with E-state index in [1.54, 1.807) is 53.4 Å². The number of morpholine rings is 1. The highest BCUT2D eigenvalue weighted by molar-refractivity contribution is 5.91. The van der Waals surface area contributed by atoms with E-state index in [4.69, 9.17) is 13.9 Å². The topological polar surface area (TPSA) is 142 Å². The highest BCUT2D eigenvalue weighted by Crippen LogP contribution is 2.42. The number of fused-ring (bicyclic) bond motifs is 2. The number of phenolic OH excluding ortho intramolecular Hbond substituents is 2. The summed E-state index contributed by atoms with van der Waals surface area (Å²) in [6.45, 7) is 1.53. The predicted molar refractivity (Wildman–Crippen MR) is 156 cm³/mol. The third kappa shape index (κ3) is 4.97. The molecule has 0 radical (unpaired) electrons. The van der Waals surface area contributed by atoms with E-state index in [0.717, 1.165) is 6.07 Å². The van der Waals surface area contributed by atoms with Gasteiger partial charge in [0, 0.05) is 65.2 Å². The summed E-state index contributed by atoms with van der Waals surface area (Å²) in [5.41, 5.74) is 0.254. The largest absolute Gasteiger partial charge is 0.507 e. The van der Waals surface area contributed by atoms with Gasteiger partial charge in [-0.3, -0.25) is 14.4 Å². The first kappa shape index (κ1) is 27.1. The van der Waals surface area contributed by atoms with E-state index in [1.807, 2.05) is 6.07 Å². The molecule has 1 saturated heterocycles. The zero-order chi connectivity index (χ0) is 29.4. The number of nitrogens with one attached hydrogen (secondary N) is 1. The zero-order valence-corrected chi connectivity index (χ0v) is 22.8. The molecule has 10 nitrogen and oxygen atoms in total. The maximum Gasteiger partial charge on any atom is 0.252 e. The normalized spacial score (nSPS) is 14.3. The van der Waals surface area contributed by atoms with E-state index < -0.39 is 28.4 Å². The summed E-state index contributed by atoms with van der Waals surface area (Å²) in [5, 5.41) is 22.5. The Labute approximate surface area is 239 Å². The van der Waals surface area contributed by atoms with Gasteiger partial charge in [0.1, 0.15) is 34.0 Å². The first-order valence-electron chi connectivity index (χ1n) is 13.5. The predicted octanol–water partition coefficient (Wildman–Crippen LogP) is 4.10. The number of hydrogen-bond acceptors (Lipinski definition) is 8. The van der Waals surface area contributed by atoms with Gasteiger partial charge in [0.05, 0.1) is 20.3 Å². The molecule has 0 spiro atoms. The molecule has 0 unspecified atom stereocenters. The van der Waals surface area contributed by atoms with Crippen molar-refractivity contribution in [1.29, 1.82) is 0 Å². The van der Waals surface area contributed by atoms with E-state index >= 15 is 0 Å². The number of aromatic hydroxyl groups is 2. The van der Waals surface area contributed by atoms with Crippen LogP contribution in [0.4, 0.5) is 0 Å². The van der Waals surface area contributed by atoms with E-state index in [1.165, 1.54) is 13.2 Å². The van der Waals surface area contributed by atoms with Gasteiger partial charge in [-0.15, -0.1) is 0 Å². The summed E-state index contributed by atoms with van der Waals surface area (Å²) in [6, 6.07) is 18.0. The molecule has 5 aromatic rings. The lowest BCUT2D eigenvalue weighted by molar-refractivity contribution is -0.135. The number of benzene rings is 3. The third-order valence-electron chi connectivity index (χ3n) is 7.60. The zero-order valence-electron chi connectivity index (χ0n) is 22.8. The van der Waals surface area contributed by atoms with Crippen molar-refractivity contribution >= 4 is 27.8 Å². The van der Waals surface area contributed by atoms with Gasteiger partial charge in [-0.2, -0.15) is 0 Å². The summed E-state index contributed by atoms with van der Waals surface area (Å²) in [7, 11) is 1.53. The van der Waals surface area contributed by atoms with Crippen LogP contribution in [0.15, 0.2) is 80.7 Å². The van der Waals surface area contributed by atoms with Crippen LogP contribution in [-0.2, 0) is 9.53 Å². The second kappa shape index (κ2) is 11.1. The molecule has 3 heterocycles. The highest BCUT2D eigenvalue weighted by Gasteiger charge is 2.31. The number of nitrogens with zero attached hydrogens (tertiary/aromatic N) is 1. The van der Waals surface area contributed by atoms with Gasteiger partial charge in [0.25, 0.3) is 5.56 Å². The van der Waals surface area contributed by atoms with E-state index in [2.05, 4.69) is 4.98 Å². The van der Waals surface area contributed by atoms with E-state index in [9.17, 15) is 24.6 Å². The Morgan fingerprint density at radius 3 is 2.50 bits per heavy atom. The van der Waals surface area contributed by atoms with Crippen LogP contribution >= 0.6 is 0 Å². The summed E-state index contributed by atoms with van der Waals surface area (Å²) >= 11 is 0. The Morgan fingerprint density at radius 1 is 1.00 bits per heavy atom. The van der Waals surface area contributed by atoms with Gasteiger partial charge in [-0.05, 0) is 24.3 Å². The van der Waals surface area contributed by atoms with Crippen molar-refractivity contribution in [1.82, 2.24) is 9.88 Å². The van der Waals surface area contributed by atoms with E-state index in [-0.39, 0.29) is 40.2 Å². The maximum atomic E-state index is 13.6. The fraction of sp³-hybridized carbons (Fsp3) is 0.219. The first-order valence-corrected chi connectivity index (χ1v) is 13.5. The molecule has 1 fully saturated rings. The van der Waals surface area contributed by atoms with Crippen molar-refractivity contribution in [2.45, 2.75) is 12.3 Å². The fourth-order valence-electron chi connectivity index (χ4n) is 5.47. The first-order chi connectivity index (χ1) is 20.3. The number of carbonyl (C=O) groups excluding carboxylic acids is 1. The molecule has 0 bridgehead atoms. The Kier molecular flexibility index (Phi) is 7.13. The average Bonchev–Trinajstić information content (AvgIpc) is 3.00. The molecule has 1 amide bonds. The lowest BCUT2D eigenvalue weighted by atomic mass is 9.86. The molecule has 0 aliphatic carbocycles. The molecular formula is C32H28N2O8. The molecule has 6 rings (SSSR count).